The number of ether oxygens (including phenoxy) is 2. The molecule has 0 amide bonds. The van der Waals surface area contributed by atoms with E-state index in [2.05, 4.69) is 4.40 Å². The van der Waals surface area contributed by atoms with Crippen LogP contribution in [0.25, 0.3) is 0 Å². The van der Waals surface area contributed by atoms with Gasteiger partial charge in [-0.1, -0.05) is 11.6 Å². The molecule has 1 aromatic rings. The number of rotatable bonds is 4. The summed E-state index contributed by atoms with van der Waals surface area (Å²) in [6, 6.07) is 4.70. The van der Waals surface area contributed by atoms with Gasteiger partial charge in [0, 0.05) is 12.6 Å². The number of carbonyl (C=O) groups is 1. The third-order valence-electron chi connectivity index (χ3n) is 3.10. The second-order valence-corrected chi connectivity index (χ2v) is 6.55. The zero-order chi connectivity index (χ0) is 17.2. The van der Waals surface area contributed by atoms with E-state index in [9.17, 15) is 13.2 Å². The van der Waals surface area contributed by atoms with Gasteiger partial charge in [-0.2, -0.15) is 8.42 Å². The fourth-order valence-electron chi connectivity index (χ4n) is 1.91. The van der Waals surface area contributed by atoms with Crippen LogP contribution in [0.1, 0.15) is 12.5 Å². The van der Waals surface area contributed by atoms with E-state index in [1.165, 1.54) is 26.3 Å². The molecular formula is C14H15ClN2O5S. The maximum atomic E-state index is 12.1. The van der Waals surface area contributed by atoms with Gasteiger partial charge in [0.25, 0.3) is 0 Å². The lowest BCUT2D eigenvalue weighted by molar-refractivity contribution is -0.139. The van der Waals surface area contributed by atoms with Crippen molar-refractivity contribution in [2.45, 2.75) is 6.92 Å². The number of halogens is 1. The van der Waals surface area contributed by atoms with Crippen molar-refractivity contribution in [1.29, 1.82) is 0 Å². The molecule has 0 unspecified atom stereocenters. The smallest absolute Gasteiger partial charge is 0.355 e. The molecule has 0 radical (unpaired) electrons. The van der Waals surface area contributed by atoms with Crippen molar-refractivity contribution in [3.8, 4) is 5.75 Å². The van der Waals surface area contributed by atoms with Gasteiger partial charge in [0.15, 0.2) is 0 Å². The van der Waals surface area contributed by atoms with Crippen LogP contribution in [0.15, 0.2) is 34.4 Å². The highest BCUT2D eigenvalue weighted by Crippen LogP contribution is 2.27. The van der Waals surface area contributed by atoms with Gasteiger partial charge < -0.3 is 9.47 Å². The summed E-state index contributed by atoms with van der Waals surface area (Å²) in [4.78, 5) is 11.9. The summed E-state index contributed by atoms with van der Waals surface area (Å²) in [5.74, 6) is -0.299. The van der Waals surface area contributed by atoms with Crippen LogP contribution in [0.3, 0.4) is 0 Å². The molecule has 9 heteroatoms. The first-order valence-corrected chi connectivity index (χ1v) is 8.39. The monoisotopic (exact) mass is 358 g/mol. The summed E-state index contributed by atoms with van der Waals surface area (Å²) in [5, 5.41) is 0.301. The highest BCUT2D eigenvalue weighted by Gasteiger charge is 2.30. The summed E-state index contributed by atoms with van der Waals surface area (Å²) >= 11 is 6.04. The number of esters is 1. The number of allylic oxidation sites excluding steroid dienone is 1. The van der Waals surface area contributed by atoms with E-state index in [0.717, 1.165) is 4.31 Å². The molecular weight excluding hydrogens is 344 g/mol. The number of hydrogen-bond acceptors (Lipinski definition) is 5. The van der Waals surface area contributed by atoms with Crippen LogP contribution in [0, 0.1) is 0 Å². The van der Waals surface area contributed by atoms with Crippen LogP contribution >= 0.6 is 11.6 Å². The van der Waals surface area contributed by atoms with Gasteiger partial charge in [-0.3, -0.25) is 0 Å². The minimum absolute atomic E-state index is 0.0932. The number of likely N-dealkylation sites (N-methyl/N-ethyl adjacent to an activating group) is 1. The SMILES string of the molecule is CCOC(=O)C1=CC(c2ccc(OC)c(Cl)c2)=NS(=O)(=O)N1C. The van der Waals surface area contributed by atoms with E-state index in [-0.39, 0.29) is 18.0 Å². The van der Waals surface area contributed by atoms with Crippen LogP contribution < -0.4 is 4.74 Å². The Balaban J connectivity index is 2.52. The third-order valence-corrected chi connectivity index (χ3v) is 4.72. The van der Waals surface area contributed by atoms with Gasteiger partial charge in [0.05, 0.1) is 24.5 Å². The molecule has 1 aliphatic rings. The van der Waals surface area contributed by atoms with E-state index in [0.29, 0.717) is 16.3 Å². The summed E-state index contributed by atoms with van der Waals surface area (Å²) in [6.45, 7) is 1.76. The first-order valence-electron chi connectivity index (χ1n) is 6.61. The van der Waals surface area contributed by atoms with Crippen LogP contribution in [-0.2, 0) is 19.7 Å². The molecule has 0 bridgehead atoms. The normalized spacial score (nSPS) is 16.4. The molecule has 23 heavy (non-hydrogen) atoms. The topological polar surface area (TPSA) is 85.3 Å². The number of benzene rings is 1. The molecule has 0 aromatic heterocycles. The number of hydrogen-bond donors (Lipinski definition) is 0. The van der Waals surface area contributed by atoms with E-state index < -0.39 is 16.2 Å². The lowest BCUT2D eigenvalue weighted by Gasteiger charge is -2.23. The molecule has 1 heterocycles. The zero-order valence-corrected chi connectivity index (χ0v) is 14.3. The molecule has 0 fully saturated rings. The summed E-state index contributed by atoms with van der Waals surface area (Å²) in [7, 11) is -1.32. The minimum Gasteiger partial charge on any atom is -0.495 e. The van der Waals surface area contributed by atoms with Crippen LogP contribution in [0.4, 0.5) is 0 Å². The minimum atomic E-state index is -4.02. The predicted octanol–water partition coefficient (Wildman–Crippen LogP) is 1.77. The molecule has 2 rings (SSSR count). The molecule has 124 valence electrons. The van der Waals surface area contributed by atoms with E-state index >= 15 is 0 Å². The van der Waals surface area contributed by atoms with Gasteiger partial charge in [-0.15, -0.1) is 4.40 Å². The summed E-state index contributed by atoms with van der Waals surface area (Å²) in [6.07, 6.45) is 1.34. The first-order chi connectivity index (χ1) is 10.8. The van der Waals surface area contributed by atoms with Gasteiger partial charge in [-0.05, 0) is 31.2 Å². The summed E-state index contributed by atoms with van der Waals surface area (Å²) < 4.78 is 38.6. The fourth-order valence-corrected chi connectivity index (χ4v) is 3.07. The average molecular weight is 359 g/mol. The second kappa shape index (κ2) is 6.59. The molecule has 0 aliphatic carbocycles. The predicted molar refractivity (Wildman–Crippen MR) is 85.9 cm³/mol. The number of nitrogens with zero attached hydrogens (tertiary/aromatic N) is 2. The highest BCUT2D eigenvalue weighted by molar-refractivity contribution is 7.88. The van der Waals surface area contributed by atoms with Crippen molar-refractivity contribution in [3.63, 3.8) is 0 Å². The Hall–Kier alpha value is -2.06. The molecule has 7 nitrogen and oxygen atoms in total. The third kappa shape index (κ3) is 3.48. The molecule has 1 aliphatic heterocycles. The summed E-state index contributed by atoms with van der Waals surface area (Å²) in [5.41, 5.74) is 0.411. The molecule has 0 N–H and O–H groups in total. The number of carbonyl (C=O) groups excluding carboxylic acids is 1. The quantitative estimate of drug-likeness (QED) is 0.766. The zero-order valence-electron chi connectivity index (χ0n) is 12.7. The Morgan fingerprint density at radius 2 is 2.09 bits per heavy atom. The molecule has 0 saturated carbocycles. The van der Waals surface area contributed by atoms with Crippen molar-refractivity contribution < 1.29 is 22.7 Å². The maximum Gasteiger partial charge on any atom is 0.355 e. The van der Waals surface area contributed by atoms with E-state index in [4.69, 9.17) is 21.1 Å². The highest BCUT2D eigenvalue weighted by atomic mass is 35.5. The Labute approximate surface area is 139 Å². The van der Waals surface area contributed by atoms with Crippen molar-refractivity contribution >= 4 is 33.5 Å². The van der Waals surface area contributed by atoms with E-state index in [1.54, 1.807) is 19.1 Å². The molecule has 0 atom stereocenters. The van der Waals surface area contributed by atoms with Gasteiger partial charge in [0.1, 0.15) is 11.4 Å². The van der Waals surface area contributed by atoms with Crippen LogP contribution in [0.2, 0.25) is 5.02 Å². The Morgan fingerprint density at radius 1 is 1.39 bits per heavy atom. The van der Waals surface area contributed by atoms with Crippen molar-refractivity contribution in [3.05, 3.63) is 40.6 Å². The Bertz CT molecular complexity index is 801. The van der Waals surface area contributed by atoms with Crippen molar-refractivity contribution in [1.82, 2.24) is 4.31 Å². The van der Waals surface area contributed by atoms with Crippen molar-refractivity contribution in [2.24, 2.45) is 4.40 Å². The first kappa shape index (κ1) is 17.3. The lowest BCUT2D eigenvalue weighted by atomic mass is 10.1. The molecule has 0 spiro atoms. The molecule has 1 aromatic carbocycles. The van der Waals surface area contributed by atoms with Gasteiger partial charge >= 0.3 is 16.2 Å². The Morgan fingerprint density at radius 3 is 2.65 bits per heavy atom. The Kier molecular flexibility index (Phi) is 4.96. The van der Waals surface area contributed by atoms with Crippen LogP contribution in [-0.4, -0.2) is 45.2 Å². The van der Waals surface area contributed by atoms with E-state index in [1.807, 2.05) is 0 Å². The average Bonchev–Trinajstić information content (AvgIpc) is 2.49. The van der Waals surface area contributed by atoms with Crippen molar-refractivity contribution in [2.75, 3.05) is 20.8 Å². The second-order valence-electron chi connectivity index (χ2n) is 4.52. The lowest BCUT2D eigenvalue weighted by Crippen LogP contribution is -2.34. The van der Waals surface area contributed by atoms with Crippen LogP contribution in [0.5, 0.6) is 5.75 Å². The standard InChI is InChI=1S/C14H15ClN2O5S/c1-4-22-14(18)12-8-11(16-23(19,20)17(12)2)9-5-6-13(21-3)10(15)7-9/h5-8H,4H2,1-3H3. The number of methoxy groups -OCH3 is 1. The van der Waals surface area contributed by atoms with Gasteiger partial charge in [0.2, 0.25) is 0 Å². The molecule has 0 saturated heterocycles. The van der Waals surface area contributed by atoms with Gasteiger partial charge in [-0.25, -0.2) is 9.10 Å². The maximum absolute atomic E-state index is 12.1. The fraction of sp³-hybridized carbons (Fsp3) is 0.286. The largest absolute Gasteiger partial charge is 0.495 e.